The van der Waals surface area contributed by atoms with Crippen molar-refractivity contribution >= 4 is 20.3 Å². The van der Waals surface area contributed by atoms with Gasteiger partial charge in [-0.3, -0.25) is 0 Å². The molecule has 0 nitrogen and oxygen atoms in total. The van der Waals surface area contributed by atoms with Crippen molar-refractivity contribution in [3.63, 3.8) is 0 Å². The van der Waals surface area contributed by atoms with Crippen molar-refractivity contribution < 1.29 is 0 Å². The summed E-state index contributed by atoms with van der Waals surface area (Å²) < 4.78 is 7.02. The summed E-state index contributed by atoms with van der Waals surface area (Å²) in [5.74, 6) is 0. The van der Waals surface area contributed by atoms with Crippen LogP contribution in [0.3, 0.4) is 0 Å². The van der Waals surface area contributed by atoms with Gasteiger partial charge in [-0.05, 0) is 0 Å². The van der Waals surface area contributed by atoms with E-state index in [9.17, 15) is 0 Å². The van der Waals surface area contributed by atoms with Gasteiger partial charge in [0.2, 0.25) is 0 Å². The second-order valence-corrected chi connectivity index (χ2v) is 28.7. The van der Waals surface area contributed by atoms with E-state index in [-0.39, 0.29) is 0 Å². The zero-order valence-electron chi connectivity index (χ0n) is 24.2. The van der Waals surface area contributed by atoms with Gasteiger partial charge in [0, 0.05) is 0 Å². The third kappa shape index (κ3) is 23.1. The van der Waals surface area contributed by atoms with Gasteiger partial charge in [0.15, 0.2) is 0 Å². The molecule has 0 aliphatic carbocycles. The van der Waals surface area contributed by atoms with E-state index in [1.165, 1.54) is 103 Å². The summed E-state index contributed by atoms with van der Waals surface area (Å²) in [4.78, 5) is 0. The Labute approximate surface area is 217 Å². The van der Waals surface area contributed by atoms with Crippen LogP contribution in [0.5, 0.6) is 0 Å². The van der Waals surface area contributed by atoms with Crippen LogP contribution in [-0.2, 0) is 0 Å². The van der Waals surface area contributed by atoms with Crippen LogP contribution in [0, 0.1) is 0 Å². The molecule has 0 rings (SSSR count). The molecule has 0 heterocycles. The molecular weight excluding hydrogens is 593 g/mol. The molecule has 0 amide bonds. The summed E-state index contributed by atoms with van der Waals surface area (Å²) in [7, 11) is 0. The number of hydrogen-bond acceptors (Lipinski definition) is 0. The molecule has 0 spiro atoms. The van der Waals surface area contributed by atoms with Crippen molar-refractivity contribution in [2.45, 2.75) is 198 Å². The Balaban J connectivity index is 4.74. The third-order valence-corrected chi connectivity index (χ3v) is 27.6. The van der Waals surface area contributed by atoms with Crippen molar-refractivity contribution in [1.82, 2.24) is 0 Å². The normalized spacial score (nSPS) is 12.0. The monoisotopic (exact) mass is 662 g/mol. The fraction of sp³-hybridized carbons (Fsp3) is 1.00. The first-order valence-electron chi connectivity index (χ1n) is 16.1. The Hall–Kier alpha value is 0.883. The fourth-order valence-corrected chi connectivity index (χ4v) is 24.7. The van der Waals surface area contributed by atoms with E-state index in [1.807, 2.05) is 0 Å². The van der Waals surface area contributed by atoms with E-state index in [2.05, 4.69) is 27.7 Å². The summed E-state index contributed by atoms with van der Waals surface area (Å²) >= 11 is -2.03. The van der Waals surface area contributed by atoms with Gasteiger partial charge in [-0.15, -0.1) is 0 Å². The van der Waals surface area contributed by atoms with E-state index >= 15 is 0 Å². The molecule has 33 heavy (non-hydrogen) atoms. The van der Waals surface area contributed by atoms with Gasteiger partial charge in [-0.2, -0.15) is 0 Å². The molecule has 0 unspecified atom stereocenters. The van der Waals surface area contributed by atoms with Gasteiger partial charge < -0.3 is 0 Å². The van der Waals surface area contributed by atoms with Gasteiger partial charge in [-0.1, -0.05) is 0 Å². The number of unbranched alkanes of at least 4 members (excludes halogenated alkanes) is 20. The van der Waals surface area contributed by atoms with Crippen LogP contribution in [0.2, 0.25) is 16.5 Å². The fourth-order valence-electron chi connectivity index (χ4n) is 5.58. The SMILES string of the molecule is CCCCCCC[CH2][Bi]([CH2]CCCCCCC)([CH2]CCCCCCC)[CH2]CCCCCCC. The summed E-state index contributed by atoms with van der Waals surface area (Å²) in [5.41, 5.74) is 0. The van der Waals surface area contributed by atoms with Crippen LogP contribution in [0.25, 0.3) is 0 Å². The molecule has 0 aliphatic rings. The molecule has 0 fully saturated rings. The minimum atomic E-state index is -2.03. The Morgan fingerprint density at radius 3 is 0.636 bits per heavy atom. The molecule has 1 heteroatoms. The number of rotatable bonds is 28. The topological polar surface area (TPSA) is 0 Å². The average molecular weight is 662 g/mol. The molecule has 1 radical (unpaired) electrons. The predicted molar refractivity (Wildman–Crippen MR) is 158 cm³/mol. The Morgan fingerprint density at radius 2 is 0.424 bits per heavy atom. The molecule has 0 saturated carbocycles. The molecule has 0 aromatic rings. The quantitative estimate of drug-likeness (QED) is 0.0578. The maximum atomic E-state index is 2.35. The molecule has 0 aromatic carbocycles. The van der Waals surface area contributed by atoms with Crippen LogP contribution in [0.15, 0.2) is 0 Å². The standard InChI is InChI=1S/4C8H17.Bi/c4*1-3-5-7-8-6-4-2;/h4*1,3-8H2,2H3;. The van der Waals surface area contributed by atoms with Gasteiger partial charge in [0.25, 0.3) is 0 Å². The molecule has 0 aromatic heterocycles. The van der Waals surface area contributed by atoms with Crippen molar-refractivity contribution in [3.8, 4) is 0 Å². The first kappa shape index (κ1) is 33.9. The first-order chi connectivity index (χ1) is 16.2. The second kappa shape index (κ2) is 27.5. The molecule has 201 valence electrons. The van der Waals surface area contributed by atoms with Gasteiger partial charge in [0.05, 0.1) is 0 Å². The number of hydrogen-bond donors (Lipinski definition) is 0. The maximum absolute atomic E-state index is 2.35. The Kier molecular flexibility index (Phi) is 28.2. The molecular formula is C32H68Bi. The van der Waals surface area contributed by atoms with E-state index in [0.717, 1.165) is 0 Å². The second-order valence-electron chi connectivity index (χ2n) is 11.3. The first-order valence-corrected chi connectivity index (χ1v) is 25.9. The van der Waals surface area contributed by atoms with Gasteiger partial charge in [0.1, 0.15) is 0 Å². The Morgan fingerprint density at radius 1 is 0.242 bits per heavy atom. The van der Waals surface area contributed by atoms with Crippen LogP contribution >= 0.6 is 0 Å². The van der Waals surface area contributed by atoms with E-state index in [0.29, 0.717) is 0 Å². The molecule has 0 saturated heterocycles. The van der Waals surface area contributed by atoms with E-state index < -0.39 is 20.3 Å². The van der Waals surface area contributed by atoms with Gasteiger partial charge in [-0.25, -0.2) is 0 Å². The summed E-state index contributed by atoms with van der Waals surface area (Å²) in [6.07, 6.45) is 36.0. The molecule has 0 aliphatic heterocycles. The van der Waals surface area contributed by atoms with Crippen molar-refractivity contribution in [2.75, 3.05) is 0 Å². The summed E-state index contributed by atoms with van der Waals surface area (Å²) in [6, 6.07) is 0. The van der Waals surface area contributed by atoms with Crippen molar-refractivity contribution in [2.24, 2.45) is 0 Å². The summed E-state index contributed by atoms with van der Waals surface area (Å²) in [6.45, 7) is 9.40. The van der Waals surface area contributed by atoms with Crippen molar-refractivity contribution in [1.29, 1.82) is 0 Å². The molecule has 0 bridgehead atoms. The van der Waals surface area contributed by atoms with Crippen molar-refractivity contribution in [3.05, 3.63) is 0 Å². The summed E-state index contributed by atoms with van der Waals surface area (Å²) in [5, 5.41) is 0. The third-order valence-electron chi connectivity index (χ3n) is 7.94. The van der Waals surface area contributed by atoms with Crippen LogP contribution in [-0.4, -0.2) is 20.3 Å². The minimum absolute atomic E-state index is 1.39. The van der Waals surface area contributed by atoms with E-state index in [1.54, 1.807) is 67.9 Å². The van der Waals surface area contributed by atoms with Crippen LogP contribution in [0.4, 0.5) is 0 Å². The molecule has 0 N–H and O–H groups in total. The Bertz CT molecular complexity index is 281. The van der Waals surface area contributed by atoms with Crippen LogP contribution in [0.1, 0.15) is 182 Å². The molecule has 0 atom stereocenters. The zero-order valence-corrected chi connectivity index (χ0v) is 27.7. The van der Waals surface area contributed by atoms with Gasteiger partial charge >= 0.3 is 219 Å². The predicted octanol–water partition coefficient (Wildman–Crippen LogP) is 12.9. The van der Waals surface area contributed by atoms with E-state index in [4.69, 9.17) is 0 Å². The zero-order chi connectivity index (χ0) is 24.3. The van der Waals surface area contributed by atoms with Crippen LogP contribution < -0.4 is 0 Å². The average Bonchev–Trinajstić information content (AvgIpc) is 2.83.